The van der Waals surface area contributed by atoms with E-state index in [1.165, 1.54) is 15.6 Å². The number of piperidine rings is 1. The summed E-state index contributed by atoms with van der Waals surface area (Å²) in [5, 5.41) is 12.7. The Morgan fingerprint density at radius 2 is 2.07 bits per heavy atom. The lowest BCUT2D eigenvalue weighted by atomic mass is 9.96. The van der Waals surface area contributed by atoms with E-state index in [-0.39, 0.29) is 25.1 Å². The first-order valence-corrected chi connectivity index (χ1v) is 11.7. The van der Waals surface area contributed by atoms with E-state index in [4.69, 9.17) is 5.11 Å². The molecule has 3 rings (SSSR count). The molecule has 2 aromatic rings. The fourth-order valence-corrected chi connectivity index (χ4v) is 6.15. The quantitative estimate of drug-likeness (QED) is 0.708. The van der Waals surface area contributed by atoms with Crippen molar-refractivity contribution >= 4 is 37.5 Å². The summed E-state index contributed by atoms with van der Waals surface area (Å²) in [5.74, 6) is -0.219. The number of nitrogens with one attached hydrogen (secondary N) is 1. The molecule has 1 amide bonds. The summed E-state index contributed by atoms with van der Waals surface area (Å²) >= 11 is 1.41. The van der Waals surface area contributed by atoms with Crippen LogP contribution >= 0.6 is 11.3 Å². The lowest BCUT2D eigenvalue weighted by Crippen LogP contribution is -2.49. The summed E-state index contributed by atoms with van der Waals surface area (Å²) in [6.45, 7) is 0.569. The van der Waals surface area contributed by atoms with Gasteiger partial charge in [0, 0.05) is 37.9 Å². The highest BCUT2D eigenvalue weighted by atomic mass is 32.2. The number of benzene rings is 1. The number of thiophene rings is 1. The maximum atomic E-state index is 12.8. The zero-order valence-electron chi connectivity index (χ0n) is 16.2. The minimum atomic E-state index is -3.52. The van der Waals surface area contributed by atoms with E-state index < -0.39 is 10.2 Å². The standard InChI is InChI=1S/C19H27N3O4S2/c1-21(2)28(25,26)22-11-6-5-7-14(22)13-16-15-8-3-4-9-17(15)27-18(16)19(24)20-10-12-23/h3-4,8-9,14,23H,5-7,10-13H2,1-2H3,(H,20,24). The van der Waals surface area contributed by atoms with Crippen molar-refractivity contribution in [3.8, 4) is 0 Å². The maximum absolute atomic E-state index is 12.8. The van der Waals surface area contributed by atoms with Crippen LogP contribution in [0, 0.1) is 0 Å². The Balaban J connectivity index is 1.99. The third-order valence-corrected chi connectivity index (χ3v) is 8.28. The van der Waals surface area contributed by atoms with Gasteiger partial charge in [0.05, 0.1) is 11.5 Å². The molecule has 28 heavy (non-hydrogen) atoms. The number of rotatable bonds is 7. The molecule has 1 fully saturated rings. The second-order valence-electron chi connectivity index (χ2n) is 7.14. The Bertz CT molecular complexity index is 940. The largest absolute Gasteiger partial charge is 0.395 e. The van der Waals surface area contributed by atoms with E-state index in [0.29, 0.717) is 17.8 Å². The molecule has 2 N–H and O–H groups in total. The number of aliphatic hydroxyl groups is 1. The molecule has 0 spiro atoms. The number of carbonyl (C=O) groups excluding carboxylic acids is 1. The lowest BCUT2D eigenvalue weighted by Gasteiger charge is -2.36. The van der Waals surface area contributed by atoms with Crippen LogP contribution in [0.5, 0.6) is 0 Å². The van der Waals surface area contributed by atoms with Crippen molar-refractivity contribution in [1.29, 1.82) is 0 Å². The van der Waals surface area contributed by atoms with Crippen LogP contribution in [0.15, 0.2) is 24.3 Å². The van der Waals surface area contributed by atoms with Gasteiger partial charge in [-0.25, -0.2) is 0 Å². The van der Waals surface area contributed by atoms with E-state index in [9.17, 15) is 13.2 Å². The smallest absolute Gasteiger partial charge is 0.281 e. The first-order chi connectivity index (χ1) is 13.4. The van der Waals surface area contributed by atoms with E-state index >= 15 is 0 Å². The zero-order chi connectivity index (χ0) is 20.3. The Hall–Kier alpha value is -1.52. The number of hydrogen-bond donors (Lipinski definition) is 2. The van der Waals surface area contributed by atoms with E-state index in [2.05, 4.69) is 5.32 Å². The Kier molecular flexibility index (Phi) is 6.72. The summed E-state index contributed by atoms with van der Waals surface area (Å²) in [6.07, 6.45) is 3.09. The Morgan fingerprint density at radius 1 is 1.32 bits per heavy atom. The van der Waals surface area contributed by atoms with Crippen LogP contribution in [0.25, 0.3) is 10.1 Å². The molecule has 1 atom stereocenters. The van der Waals surface area contributed by atoms with Crippen LogP contribution in [0.3, 0.4) is 0 Å². The van der Waals surface area contributed by atoms with Gasteiger partial charge in [0.15, 0.2) is 0 Å². The van der Waals surface area contributed by atoms with Crippen molar-refractivity contribution in [3.63, 3.8) is 0 Å². The van der Waals surface area contributed by atoms with Gasteiger partial charge in [0.1, 0.15) is 0 Å². The van der Waals surface area contributed by atoms with Gasteiger partial charge in [-0.1, -0.05) is 24.6 Å². The molecule has 2 heterocycles. The number of nitrogens with zero attached hydrogens (tertiary/aromatic N) is 2. The van der Waals surface area contributed by atoms with Crippen molar-refractivity contribution in [3.05, 3.63) is 34.7 Å². The van der Waals surface area contributed by atoms with Crippen molar-refractivity contribution in [2.75, 3.05) is 33.8 Å². The molecule has 7 nitrogen and oxygen atoms in total. The predicted octanol–water partition coefficient (Wildman–Crippen LogP) is 1.83. The third kappa shape index (κ3) is 4.23. The van der Waals surface area contributed by atoms with Crippen molar-refractivity contribution in [1.82, 2.24) is 13.9 Å². The highest BCUT2D eigenvalue weighted by molar-refractivity contribution is 7.86. The van der Waals surface area contributed by atoms with Crippen LogP contribution in [0.2, 0.25) is 0 Å². The molecule has 1 aliphatic rings. The van der Waals surface area contributed by atoms with Gasteiger partial charge in [-0.05, 0) is 36.3 Å². The Morgan fingerprint density at radius 3 is 2.79 bits per heavy atom. The monoisotopic (exact) mass is 425 g/mol. The van der Waals surface area contributed by atoms with Crippen molar-refractivity contribution in [2.24, 2.45) is 0 Å². The molecule has 0 radical (unpaired) electrons. The number of hydrogen-bond acceptors (Lipinski definition) is 5. The average molecular weight is 426 g/mol. The second-order valence-corrected chi connectivity index (χ2v) is 10.3. The van der Waals surface area contributed by atoms with Gasteiger partial charge in [-0.15, -0.1) is 11.3 Å². The molecule has 154 valence electrons. The van der Waals surface area contributed by atoms with Gasteiger partial charge in [-0.2, -0.15) is 17.0 Å². The molecule has 1 saturated heterocycles. The van der Waals surface area contributed by atoms with Gasteiger partial charge >= 0.3 is 0 Å². The Labute approximate surface area is 170 Å². The van der Waals surface area contributed by atoms with Crippen LogP contribution in [0.1, 0.15) is 34.5 Å². The SMILES string of the molecule is CN(C)S(=O)(=O)N1CCCCC1Cc1c(C(=O)NCCO)sc2ccccc12. The van der Waals surface area contributed by atoms with Gasteiger partial charge in [0.2, 0.25) is 0 Å². The number of aliphatic hydroxyl groups excluding tert-OH is 1. The second kappa shape index (κ2) is 8.87. The van der Waals surface area contributed by atoms with Crippen molar-refractivity contribution in [2.45, 2.75) is 31.7 Å². The van der Waals surface area contributed by atoms with Crippen molar-refractivity contribution < 1.29 is 18.3 Å². The minimum absolute atomic E-state index is 0.122. The normalized spacial score (nSPS) is 18.6. The third-order valence-electron chi connectivity index (χ3n) is 5.07. The average Bonchev–Trinajstić information content (AvgIpc) is 3.05. The van der Waals surface area contributed by atoms with Gasteiger partial charge in [0.25, 0.3) is 16.1 Å². The molecule has 0 bridgehead atoms. The number of fused-ring (bicyclic) bond motifs is 1. The topological polar surface area (TPSA) is 90.0 Å². The predicted molar refractivity (Wildman–Crippen MR) is 112 cm³/mol. The summed E-state index contributed by atoms with van der Waals surface area (Å²) in [4.78, 5) is 13.3. The first kappa shape index (κ1) is 21.2. The van der Waals surface area contributed by atoms with Gasteiger partial charge in [-0.3, -0.25) is 4.79 Å². The summed E-state index contributed by atoms with van der Waals surface area (Å²) in [5.41, 5.74) is 0.891. The van der Waals surface area contributed by atoms with Crippen LogP contribution in [-0.2, 0) is 16.6 Å². The molecule has 9 heteroatoms. The molecule has 1 aromatic heterocycles. The molecule has 1 aromatic carbocycles. The molecule has 0 aliphatic carbocycles. The molecular formula is C19H27N3O4S2. The van der Waals surface area contributed by atoms with Crippen LogP contribution in [-0.4, -0.2) is 67.9 Å². The summed E-state index contributed by atoms with van der Waals surface area (Å²) in [6, 6.07) is 7.65. The summed E-state index contributed by atoms with van der Waals surface area (Å²) < 4.78 is 29.4. The van der Waals surface area contributed by atoms with E-state index in [0.717, 1.165) is 34.9 Å². The highest BCUT2D eigenvalue weighted by Gasteiger charge is 2.35. The van der Waals surface area contributed by atoms with Crippen LogP contribution in [0.4, 0.5) is 0 Å². The minimum Gasteiger partial charge on any atom is -0.395 e. The first-order valence-electron chi connectivity index (χ1n) is 9.45. The maximum Gasteiger partial charge on any atom is 0.281 e. The number of carbonyl (C=O) groups is 1. The highest BCUT2D eigenvalue weighted by Crippen LogP contribution is 2.35. The lowest BCUT2D eigenvalue weighted by molar-refractivity contribution is 0.0947. The number of amides is 1. The van der Waals surface area contributed by atoms with E-state index in [1.54, 1.807) is 18.4 Å². The van der Waals surface area contributed by atoms with Crippen LogP contribution < -0.4 is 5.32 Å². The molecule has 1 unspecified atom stereocenters. The van der Waals surface area contributed by atoms with E-state index in [1.807, 2.05) is 24.3 Å². The fourth-order valence-electron chi connectivity index (χ4n) is 3.66. The zero-order valence-corrected chi connectivity index (χ0v) is 17.9. The fraction of sp³-hybridized carbons (Fsp3) is 0.526. The summed E-state index contributed by atoms with van der Waals surface area (Å²) in [7, 11) is -0.416. The van der Waals surface area contributed by atoms with Gasteiger partial charge < -0.3 is 10.4 Å². The molecular weight excluding hydrogens is 398 g/mol. The molecule has 1 aliphatic heterocycles. The molecule has 0 saturated carbocycles.